The van der Waals surface area contributed by atoms with E-state index in [1.807, 2.05) is 42.5 Å². The predicted octanol–water partition coefficient (Wildman–Crippen LogP) is 4.37. The molecule has 0 bridgehead atoms. The molecule has 4 aromatic rings. The number of methoxy groups -OCH3 is 1. The second-order valence-electron chi connectivity index (χ2n) is 6.40. The van der Waals surface area contributed by atoms with Crippen molar-refractivity contribution in [1.82, 2.24) is 20.2 Å². The zero-order valence-corrected chi connectivity index (χ0v) is 15.3. The molecular weight excluding hydrogens is 336 g/mol. The first-order valence-corrected chi connectivity index (χ1v) is 8.80. The molecule has 0 spiro atoms. The van der Waals surface area contributed by atoms with Gasteiger partial charge in [0, 0.05) is 5.56 Å². The molecule has 4 rings (SSSR count). The number of tetrazole rings is 1. The van der Waals surface area contributed by atoms with Gasteiger partial charge in [-0.2, -0.15) is 4.80 Å². The lowest BCUT2D eigenvalue weighted by Crippen LogP contribution is -2.04. The van der Waals surface area contributed by atoms with Crippen LogP contribution in [0.5, 0.6) is 5.75 Å². The molecule has 5 heteroatoms. The Kier molecular flexibility index (Phi) is 4.66. The predicted molar refractivity (Wildman–Crippen MR) is 106 cm³/mol. The summed E-state index contributed by atoms with van der Waals surface area (Å²) in [5.74, 6) is 1.46. The maximum absolute atomic E-state index is 5.19. The first-order valence-electron chi connectivity index (χ1n) is 8.80. The van der Waals surface area contributed by atoms with Gasteiger partial charge in [-0.25, -0.2) is 0 Å². The zero-order chi connectivity index (χ0) is 18.6. The van der Waals surface area contributed by atoms with Crippen molar-refractivity contribution in [3.63, 3.8) is 0 Å². The van der Waals surface area contributed by atoms with Crippen LogP contribution >= 0.6 is 0 Å². The minimum Gasteiger partial charge on any atom is -0.497 e. The number of hydrogen-bond donors (Lipinski definition) is 0. The van der Waals surface area contributed by atoms with Crippen molar-refractivity contribution in [3.8, 4) is 28.3 Å². The van der Waals surface area contributed by atoms with Crippen molar-refractivity contribution in [3.05, 3.63) is 83.9 Å². The molecule has 1 heterocycles. The fourth-order valence-corrected chi connectivity index (χ4v) is 2.98. The normalized spacial score (nSPS) is 10.7. The van der Waals surface area contributed by atoms with E-state index in [0.29, 0.717) is 12.4 Å². The fraction of sp³-hybridized carbons (Fsp3) is 0.136. The molecule has 0 amide bonds. The van der Waals surface area contributed by atoms with Crippen LogP contribution in [0.1, 0.15) is 11.1 Å². The highest BCUT2D eigenvalue weighted by atomic mass is 16.5. The van der Waals surface area contributed by atoms with Gasteiger partial charge in [-0.1, -0.05) is 66.2 Å². The molecule has 0 fully saturated rings. The van der Waals surface area contributed by atoms with Gasteiger partial charge in [-0.05, 0) is 41.0 Å². The smallest absolute Gasteiger partial charge is 0.205 e. The third-order valence-corrected chi connectivity index (χ3v) is 4.47. The first-order chi connectivity index (χ1) is 13.2. The van der Waals surface area contributed by atoms with Crippen LogP contribution in [0, 0.1) is 6.92 Å². The van der Waals surface area contributed by atoms with Crippen LogP contribution in [0.2, 0.25) is 0 Å². The van der Waals surface area contributed by atoms with Crippen LogP contribution in [0.25, 0.3) is 22.5 Å². The van der Waals surface area contributed by atoms with Gasteiger partial charge in [0.2, 0.25) is 5.82 Å². The van der Waals surface area contributed by atoms with Crippen molar-refractivity contribution in [2.75, 3.05) is 7.11 Å². The molecule has 0 N–H and O–H groups in total. The van der Waals surface area contributed by atoms with Gasteiger partial charge >= 0.3 is 0 Å². The van der Waals surface area contributed by atoms with E-state index < -0.39 is 0 Å². The van der Waals surface area contributed by atoms with E-state index in [4.69, 9.17) is 4.74 Å². The monoisotopic (exact) mass is 356 g/mol. The Hall–Kier alpha value is -3.47. The van der Waals surface area contributed by atoms with E-state index in [2.05, 4.69) is 52.7 Å². The van der Waals surface area contributed by atoms with Gasteiger partial charge in [-0.3, -0.25) is 0 Å². The summed E-state index contributed by atoms with van der Waals surface area (Å²) in [6, 6.07) is 24.5. The summed E-state index contributed by atoms with van der Waals surface area (Å²) in [7, 11) is 1.66. The maximum atomic E-state index is 5.19. The molecule has 5 nitrogen and oxygen atoms in total. The van der Waals surface area contributed by atoms with E-state index >= 15 is 0 Å². The van der Waals surface area contributed by atoms with Crippen molar-refractivity contribution in [1.29, 1.82) is 0 Å². The van der Waals surface area contributed by atoms with Crippen molar-refractivity contribution < 1.29 is 4.74 Å². The molecule has 0 aliphatic rings. The third-order valence-electron chi connectivity index (χ3n) is 4.47. The lowest BCUT2D eigenvalue weighted by atomic mass is 9.98. The number of ether oxygens (including phenoxy) is 1. The van der Waals surface area contributed by atoms with Gasteiger partial charge < -0.3 is 4.74 Å². The number of nitrogens with zero attached hydrogens (tertiary/aromatic N) is 4. The molecule has 0 atom stereocenters. The Morgan fingerprint density at radius 2 is 1.56 bits per heavy atom. The Labute approximate surface area is 158 Å². The van der Waals surface area contributed by atoms with E-state index in [1.165, 1.54) is 5.56 Å². The summed E-state index contributed by atoms with van der Waals surface area (Å²) in [5, 5.41) is 13.1. The van der Waals surface area contributed by atoms with Crippen LogP contribution in [0.3, 0.4) is 0 Å². The molecule has 0 aliphatic carbocycles. The molecular formula is C22H20N4O. The zero-order valence-electron chi connectivity index (χ0n) is 15.3. The number of aryl methyl sites for hydroxylation is 1. The summed E-state index contributed by atoms with van der Waals surface area (Å²) in [4.78, 5) is 1.61. The third kappa shape index (κ3) is 3.72. The average molecular weight is 356 g/mol. The average Bonchev–Trinajstić information content (AvgIpc) is 3.17. The minimum absolute atomic E-state index is 0.559. The lowest BCUT2D eigenvalue weighted by molar-refractivity contribution is 0.414. The molecule has 3 aromatic carbocycles. The van der Waals surface area contributed by atoms with E-state index in [9.17, 15) is 0 Å². The molecule has 1 aromatic heterocycles. The van der Waals surface area contributed by atoms with Crippen LogP contribution in [-0.2, 0) is 6.54 Å². The highest BCUT2D eigenvalue weighted by molar-refractivity contribution is 5.80. The highest BCUT2D eigenvalue weighted by Crippen LogP contribution is 2.29. The van der Waals surface area contributed by atoms with Gasteiger partial charge in [0.15, 0.2) is 0 Å². The molecule has 0 aliphatic heterocycles. The van der Waals surface area contributed by atoms with Gasteiger partial charge in [0.1, 0.15) is 5.75 Å². The number of rotatable bonds is 5. The first kappa shape index (κ1) is 17.0. The van der Waals surface area contributed by atoms with E-state index in [1.54, 1.807) is 11.9 Å². The topological polar surface area (TPSA) is 52.8 Å². The lowest BCUT2D eigenvalue weighted by Gasteiger charge is -2.07. The molecule has 134 valence electrons. The summed E-state index contributed by atoms with van der Waals surface area (Å²) in [5.41, 5.74) is 5.54. The summed E-state index contributed by atoms with van der Waals surface area (Å²) < 4.78 is 5.19. The van der Waals surface area contributed by atoms with Crippen molar-refractivity contribution in [2.45, 2.75) is 13.5 Å². The fourth-order valence-electron chi connectivity index (χ4n) is 2.98. The van der Waals surface area contributed by atoms with Gasteiger partial charge in [-0.15, -0.1) is 10.2 Å². The van der Waals surface area contributed by atoms with E-state index in [0.717, 1.165) is 28.0 Å². The summed E-state index contributed by atoms with van der Waals surface area (Å²) in [6.45, 7) is 2.64. The van der Waals surface area contributed by atoms with Crippen molar-refractivity contribution >= 4 is 0 Å². The molecule has 27 heavy (non-hydrogen) atoms. The second-order valence-corrected chi connectivity index (χ2v) is 6.40. The van der Waals surface area contributed by atoms with E-state index in [-0.39, 0.29) is 0 Å². The number of hydrogen-bond acceptors (Lipinski definition) is 4. The Balaban J connectivity index is 1.62. The molecule has 0 saturated carbocycles. The second kappa shape index (κ2) is 7.41. The Bertz CT molecular complexity index is 1040. The van der Waals surface area contributed by atoms with Crippen LogP contribution < -0.4 is 4.74 Å². The van der Waals surface area contributed by atoms with Crippen molar-refractivity contribution in [2.24, 2.45) is 0 Å². The minimum atomic E-state index is 0.559. The maximum Gasteiger partial charge on any atom is 0.205 e. The quantitative estimate of drug-likeness (QED) is 0.533. The largest absolute Gasteiger partial charge is 0.497 e. The standard InChI is InChI=1S/C22H20N4O/c1-16-7-11-18(12-8-16)20-5-3-4-6-21(20)22-23-25-26(24-22)15-17-9-13-19(27-2)14-10-17/h3-14H,15H2,1-2H3. The van der Waals surface area contributed by atoms with Gasteiger partial charge in [0.05, 0.1) is 13.7 Å². The van der Waals surface area contributed by atoms with Crippen LogP contribution in [0.15, 0.2) is 72.8 Å². The summed E-state index contributed by atoms with van der Waals surface area (Å²) >= 11 is 0. The SMILES string of the molecule is COc1ccc(Cn2nnc(-c3ccccc3-c3ccc(C)cc3)n2)cc1. The number of benzene rings is 3. The Morgan fingerprint density at radius 1 is 0.852 bits per heavy atom. The summed E-state index contributed by atoms with van der Waals surface area (Å²) in [6.07, 6.45) is 0. The molecule has 0 saturated heterocycles. The Morgan fingerprint density at radius 3 is 2.26 bits per heavy atom. The van der Waals surface area contributed by atoms with Gasteiger partial charge in [0.25, 0.3) is 0 Å². The van der Waals surface area contributed by atoms with Crippen LogP contribution in [0.4, 0.5) is 0 Å². The van der Waals surface area contributed by atoms with Crippen LogP contribution in [-0.4, -0.2) is 27.3 Å². The highest BCUT2D eigenvalue weighted by Gasteiger charge is 2.12. The number of aromatic nitrogens is 4. The molecule has 0 unspecified atom stereocenters. The molecule has 0 radical (unpaired) electrons.